The van der Waals surface area contributed by atoms with Gasteiger partial charge in [-0.05, 0) is 37.8 Å². The molecule has 0 saturated carbocycles. The number of hydrogen-bond acceptors (Lipinski definition) is 3. The van der Waals surface area contributed by atoms with E-state index in [1.54, 1.807) is 0 Å². The smallest absolute Gasteiger partial charge is 0.228 e. The fourth-order valence-corrected chi connectivity index (χ4v) is 4.54. The van der Waals surface area contributed by atoms with Crippen LogP contribution in [0.15, 0.2) is 24.3 Å². The number of sulfonamides is 1. The molecule has 1 atom stereocenters. The van der Waals surface area contributed by atoms with E-state index in [4.69, 9.17) is 0 Å². The number of para-hydroxylation sites is 1. The second kappa shape index (κ2) is 7.93. The zero-order valence-electron chi connectivity index (χ0n) is 13.9. The van der Waals surface area contributed by atoms with Crippen molar-refractivity contribution in [3.63, 3.8) is 0 Å². The first-order valence-corrected chi connectivity index (χ1v) is 9.89. The molecule has 1 amide bonds. The SMILES string of the molecule is CCCCS(=O)(=O)N1CCC[C@@H](C(=O)Nc2ccccc2C)C1. The molecule has 1 saturated heterocycles. The van der Waals surface area contributed by atoms with E-state index in [2.05, 4.69) is 5.32 Å². The summed E-state index contributed by atoms with van der Waals surface area (Å²) in [7, 11) is -3.24. The molecule has 0 unspecified atom stereocenters. The van der Waals surface area contributed by atoms with Crippen LogP contribution >= 0.6 is 0 Å². The summed E-state index contributed by atoms with van der Waals surface area (Å²) in [5.41, 5.74) is 1.80. The number of hydrogen-bond donors (Lipinski definition) is 1. The lowest BCUT2D eigenvalue weighted by Crippen LogP contribution is -2.44. The van der Waals surface area contributed by atoms with Crippen LogP contribution in [0.3, 0.4) is 0 Å². The van der Waals surface area contributed by atoms with Crippen molar-refractivity contribution < 1.29 is 13.2 Å². The van der Waals surface area contributed by atoms with E-state index in [1.807, 2.05) is 38.1 Å². The van der Waals surface area contributed by atoms with Crippen molar-refractivity contribution >= 4 is 21.6 Å². The zero-order chi connectivity index (χ0) is 16.9. The largest absolute Gasteiger partial charge is 0.326 e. The van der Waals surface area contributed by atoms with Gasteiger partial charge < -0.3 is 5.32 Å². The third-order valence-corrected chi connectivity index (χ3v) is 6.23. The van der Waals surface area contributed by atoms with Crippen LogP contribution in [0, 0.1) is 12.8 Å². The van der Waals surface area contributed by atoms with Gasteiger partial charge in [0.1, 0.15) is 0 Å². The number of carbonyl (C=O) groups is 1. The van der Waals surface area contributed by atoms with Gasteiger partial charge >= 0.3 is 0 Å². The van der Waals surface area contributed by atoms with Crippen LogP contribution in [-0.2, 0) is 14.8 Å². The van der Waals surface area contributed by atoms with Crippen molar-refractivity contribution in [3.05, 3.63) is 29.8 Å². The molecule has 0 aliphatic carbocycles. The third-order valence-electron chi connectivity index (χ3n) is 4.31. The van der Waals surface area contributed by atoms with Gasteiger partial charge in [-0.25, -0.2) is 12.7 Å². The standard InChI is InChI=1S/C17H26N2O3S/c1-3-4-12-23(21,22)19-11-7-9-15(13-19)17(20)18-16-10-6-5-8-14(16)2/h5-6,8,10,15H,3-4,7,9,11-13H2,1-2H3,(H,18,20)/t15-/m1/s1. The Morgan fingerprint density at radius 3 is 2.78 bits per heavy atom. The number of anilines is 1. The minimum Gasteiger partial charge on any atom is -0.326 e. The highest BCUT2D eigenvalue weighted by Gasteiger charge is 2.32. The first kappa shape index (κ1) is 17.9. The minimum absolute atomic E-state index is 0.0882. The van der Waals surface area contributed by atoms with Crippen molar-refractivity contribution in [1.82, 2.24) is 4.31 Å². The van der Waals surface area contributed by atoms with Crippen molar-refractivity contribution in [2.75, 3.05) is 24.2 Å². The predicted molar refractivity (Wildman–Crippen MR) is 92.8 cm³/mol. The summed E-state index contributed by atoms with van der Waals surface area (Å²) in [6.45, 7) is 4.74. The zero-order valence-corrected chi connectivity index (χ0v) is 14.7. The van der Waals surface area contributed by atoms with Crippen LogP contribution < -0.4 is 5.32 Å². The first-order valence-electron chi connectivity index (χ1n) is 8.28. The maximum absolute atomic E-state index is 12.5. The van der Waals surface area contributed by atoms with Gasteiger partial charge in [0.25, 0.3) is 0 Å². The molecule has 5 nitrogen and oxygen atoms in total. The van der Waals surface area contributed by atoms with E-state index < -0.39 is 10.0 Å². The Balaban J connectivity index is 2.00. The van der Waals surface area contributed by atoms with E-state index >= 15 is 0 Å². The highest BCUT2D eigenvalue weighted by molar-refractivity contribution is 7.89. The monoisotopic (exact) mass is 338 g/mol. The van der Waals surface area contributed by atoms with E-state index in [0.29, 0.717) is 19.5 Å². The molecule has 0 spiro atoms. The fourth-order valence-electron chi connectivity index (χ4n) is 2.81. The lowest BCUT2D eigenvalue weighted by molar-refractivity contribution is -0.120. The molecule has 1 aliphatic heterocycles. The molecule has 0 radical (unpaired) electrons. The molecule has 0 aromatic heterocycles. The quantitative estimate of drug-likeness (QED) is 0.867. The normalized spacial score (nSPS) is 19.5. The number of rotatable bonds is 6. The Hall–Kier alpha value is -1.40. The van der Waals surface area contributed by atoms with Crippen molar-refractivity contribution in [2.24, 2.45) is 5.92 Å². The molecule has 1 N–H and O–H groups in total. The average molecular weight is 338 g/mol. The molecule has 1 aromatic rings. The molecule has 1 heterocycles. The van der Waals surface area contributed by atoms with Crippen molar-refractivity contribution in [1.29, 1.82) is 0 Å². The number of aryl methyl sites for hydroxylation is 1. The summed E-state index contributed by atoms with van der Waals surface area (Å²) >= 11 is 0. The van der Waals surface area contributed by atoms with E-state index in [-0.39, 0.29) is 17.6 Å². The highest BCUT2D eigenvalue weighted by atomic mass is 32.2. The maximum Gasteiger partial charge on any atom is 0.228 e. The van der Waals surface area contributed by atoms with Gasteiger partial charge in [0, 0.05) is 18.8 Å². The molecule has 0 bridgehead atoms. The van der Waals surface area contributed by atoms with Gasteiger partial charge in [0.05, 0.1) is 11.7 Å². The molecule has 1 aliphatic rings. The molecule has 23 heavy (non-hydrogen) atoms. The van der Waals surface area contributed by atoms with E-state index in [0.717, 1.165) is 30.5 Å². The lowest BCUT2D eigenvalue weighted by Gasteiger charge is -2.31. The third kappa shape index (κ3) is 4.78. The summed E-state index contributed by atoms with van der Waals surface area (Å²) in [5.74, 6) is -0.190. The van der Waals surface area contributed by atoms with Crippen LogP contribution in [0.2, 0.25) is 0 Å². The molecule has 128 valence electrons. The molecule has 6 heteroatoms. The van der Waals surface area contributed by atoms with E-state index in [1.165, 1.54) is 4.31 Å². The van der Waals surface area contributed by atoms with Crippen LogP contribution in [-0.4, -0.2) is 37.5 Å². The average Bonchev–Trinajstić information content (AvgIpc) is 2.55. The van der Waals surface area contributed by atoms with Gasteiger partial charge in [-0.3, -0.25) is 4.79 Å². The molecule has 1 aromatic carbocycles. The summed E-state index contributed by atoms with van der Waals surface area (Å²) in [4.78, 5) is 12.5. The molecule has 2 rings (SSSR count). The molecular weight excluding hydrogens is 312 g/mol. The summed E-state index contributed by atoms with van der Waals surface area (Å²) < 4.78 is 26.1. The van der Waals surface area contributed by atoms with Crippen LogP contribution in [0.4, 0.5) is 5.69 Å². The Bertz CT molecular complexity index is 643. The fraction of sp³-hybridized carbons (Fsp3) is 0.588. The van der Waals surface area contributed by atoms with Gasteiger partial charge in [-0.1, -0.05) is 31.5 Å². The summed E-state index contributed by atoms with van der Waals surface area (Å²) in [6, 6.07) is 7.61. The van der Waals surface area contributed by atoms with Crippen molar-refractivity contribution in [2.45, 2.75) is 39.5 Å². The molecule has 1 fully saturated rings. The van der Waals surface area contributed by atoms with Gasteiger partial charge in [-0.2, -0.15) is 0 Å². The Labute approximate surface area is 139 Å². The Morgan fingerprint density at radius 1 is 1.35 bits per heavy atom. The summed E-state index contributed by atoms with van der Waals surface area (Å²) in [6.07, 6.45) is 2.98. The number of nitrogens with one attached hydrogen (secondary N) is 1. The number of unbranched alkanes of at least 4 members (excludes halogenated alkanes) is 1. The second-order valence-electron chi connectivity index (χ2n) is 6.17. The van der Waals surface area contributed by atoms with Crippen LogP contribution in [0.5, 0.6) is 0 Å². The lowest BCUT2D eigenvalue weighted by atomic mass is 9.98. The Kier molecular flexibility index (Phi) is 6.18. The van der Waals surface area contributed by atoms with Gasteiger partial charge in [0.2, 0.25) is 15.9 Å². The number of carbonyl (C=O) groups excluding carboxylic acids is 1. The number of nitrogens with zero attached hydrogens (tertiary/aromatic N) is 1. The molecular formula is C17H26N2O3S. The highest BCUT2D eigenvalue weighted by Crippen LogP contribution is 2.22. The van der Waals surface area contributed by atoms with Crippen LogP contribution in [0.25, 0.3) is 0 Å². The van der Waals surface area contributed by atoms with Gasteiger partial charge in [-0.15, -0.1) is 0 Å². The second-order valence-corrected chi connectivity index (χ2v) is 8.26. The predicted octanol–water partition coefficient (Wildman–Crippen LogP) is 2.78. The van der Waals surface area contributed by atoms with Crippen molar-refractivity contribution in [3.8, 4) is 0 Å². The number of amides is 1. The number of piperidine rings is 1. The minimum atomic E-state index is -3.24. The van der Waals surface area contributed by atoms with Gasteiger partial charge in [0.15, 0.2) is 0 Å². The maximum atomic E-state index is 12.5. The number of benzene rings is 1. The first-order chi connectivity index (χ1) is 10.9. The topological polar surface area (TPSA) is 66.5 Å². The Morgan fingerprint density at radius 2 is 2.09 bits per heavy atom. The van der Waals surface area contributed by atoms with Crippen LogP contribution in [0.1, 0.15) is 38.2 Å². The van der Waals surface area contributed by atoms with E-state index in [9.17, 15) is 13.2 Å². The summed E-state index contributed by atoms with van der Waals surface area (Å²) in [5, 5.41) is 2.93.